The van der Waals surface area contributed by atoms with E-state index in [1.165, 1.54) is 10.9 Å². The molecule has 0 N–H and O–H groups in total. The number of aromatic nitrogens is 2. The molecule has 0 fully saturated rings. The topological polar surface area (TPSA) is 96.7 Å². The van der Waals surface area contributed by atoms with Crippen molar-refractivity contribution in [2.75, 3.05) is 26.4 Å². The number of aryl methyl sites for hydroxylation is 1. The molecule has 0 spiro atoms. The first-order valence-electron chi connectivity index (χ1n) is 9.94. The predicted octanol–water partition coefficient (Wildman–Crippen LogP) is 2.75. The minimum absolute atomic E-state index is 0.119. The van der Waals surface area contributed by atoms with Crippen molar-refractivity contribution in [3.05, 3.63) is 63.0 Å². The molecule has 0 aliphatic rings. The number of rotatable bonds is 10. The van der Waals surface area contributed by atoms with Gasteiger partial charge in [-0.25, -0.2) is 9.78 Å². The molecule has 8 nitrogen and oxygen atoms in total. The lowest BCUT2D eigenvalue weighted by molar-refractivity contribution is -0.145. The number of carbonyl (C=O) groups excluding carboxylic acids is 2. The van der Waals surface area contributed by atoms with Gasteiger partial charge >= 0.3 is 11.9 Å². The van der Waals surface area contributed by atoms with E-state index >= 15 is 0 Å². The van der Waals surface area contributed by atoms with Gasteiger partial charge in [0, 0.05) is 13.0 Å². The van der Waals surface area contributed by atoms with Gasteiger partial charge in [0.2, 0.25) is 0 Å². The van der Waals surface area contributed by atoms with E-state index in [1.54, 1.807) is 6.92 Å². The second-order valence-corrected chi connectivity index (χ2v) is 7.70. The van der Waals surface area contributed by atoms with E-state index in [-0.39, 0.29) is 19.8 Å². The van der Waals surface area contributed by atoms with E-state index in [1.807, 2.05) is 37.3 Å². The normalized spacial score (nSPS) is 10.9. The lowest BCUT2D eigenvalue weighted by atomic mass is 10.2. The Bertz CT molecular complexity index is 1110. The summed E-state index contributed by atoms with van der Waals surface area (Å²) in [6.45, 7) is 4.45. The molecule has 0 radical (unpaired) electrons. The van der Waals surface area contributed by atoms with Crippen LogP contribution < -0.4 is 5.56 Å². The van der Waals surface area contributed by atoms with Crippen LogP contribution in [0.3, 0.4) is 0 Å². The zero-order valence-corrected chi connectivity index (χ0v) is 18.3. The minimum atomic E-state index is -0.559. The Kier molecular flexibility index (Phi) is 7.91. The summed E-state index contributed by atoms with van der Waals surface area (Å²) in [4.78, 5) is 42.3. The van der Waals surface area contributed by atoms with Gasteiger partial charge < -0.3 is 14.2 Å². The fourth-order valence-corrected chi connectivity index (χ4v) is 4.01. The van der Waals surface area contributed by atoms with Gasteiger partial charge in [0.25, 0.3) is 5.56 Å². The minimum Gasteiger partial charge on any atom is -0.462 e. The van der Waals surface area contributed by atoms with Crippen molar-refractivity contribution in [2.45, 2.75) is 26.8 Å². The van der Waals surface area contributed by atoms with Crippen LogP contribution in [0.15, 0.2) is 41.5 Å². The van der Waals surface area contributed by atoms with Gasteiger partial charge in [-0.2, -0.15) is 0 Å². The van der Waals surface area contributed by atoms with Crippen LogP contribution in [0.1, 0.15) is 27.7 Å². The molecule has 0 saturated carbocycles. The van der Waals surface area contributed by atoms with Crippen molar-refractivity contribution in [3.63, 3.8) is 0 Å². The first kappa shape index (κ1) is 22.6. The van der Waals surface area contributed by atoms with Gasteiger partial charge in [-0.05, 0) is 25.0 Å². The largest absolute Gasteiger partial charge is 0.462 e. The summed E-state index contributed by atoms with van der Waals surface area (Å²) >= 11 is 1.11. The Hall–Kier alpha value is -3.04. The number of fused-ring (bicyclic) bond motifs is 1. The van der Waals surface area contributed by atoms with E-state index in [2.05, 4.69) is 4.98 Å². The highest BCUT2D eigenvalue weighted by atomic mass is 32.1. The van der Waals surface area contributed by atoms with Crippen molar-refractivity contribution >= 4 is 33.5 Å². The number of benzene rings is 1. The van der Waals surface area contributed by atoms with Crippen LogP contribution in [-0.2, 0) is 32.0 Å². The quantitative estimate of drug-likeness (QED) is 0.350. The molecule has 31 heavy (non-hydrogen) atoms. The van der Waals surface area contributed by atoms with Crippen molar-refractivity contribution in [3.8, 4) is 0 Å². The Balaban J connectivity index is 1.68. The molecule has 0 amide bonds. The maximum absolute atomic E-state index is 12.8. The predicted molar refractivity (Wildman–Crippen MR) is 116 cm³/mol. The summed E-state index contributed by atoms with van der Waals surface area (Å²) in [6.07, 6.45) is 1.89. The van der Waals surface area contributed by atoms with Gasteiger partial charge in [0.1, 0.15) is 22.9 Å². The van der Waals surface area contributed by atoms with E-state index in [0.29, 0.717) is 40.3 Å². The van der Waals surface area contributed by atoms with Crippen LogP contribution in [0.2, 0.25) is 0 Å². The highest BCUT2D eigenvalue weighted by Gasteiger charge is 2.21. The zero-order valence-electron chi connectivity index (χ0n) is 17.5. The molecule has 2 aromatic heterocycles. The third-order valence-electron chi connectivity index (χ3n) is 4.56. The van der Waals surface area contributed by atoms with E-state index in [9.17, 15) is 14.4 Å². The highest BCUT2D eigenvalue weighted by molar-refractivity contribution is 7.20. The van der Waals surface area contributed by atoms with Crippen molar-refractivity contribution in [1.29, 1.82) is 0 Å². The SMILES string of the molecule is CCOCCOC(=O)Cn1cnc2sc(C(=O)OCCc3ccccc3)c(C)c2c1=O. The zero-order chi connectivity index (χ0) is 22.2. The van der Waals surface area contributed by atoms with E-state index in [4.69, 9.17) is 14.2 Å². The molecule has 0 unspecified atom stereocenters. The Morgan fingerprint density at radius 2 is 1.87 bits per heavy atom. The number of hydrogen-bond acceptors (Lipinski definition) is 8. The average molecular weight is 445 g/mol. The summed E-state index contributed by atoms with van der Waals surface area (Å²) in [5.41, 5.74) is 1.17. The van der Waals surface area contributed by atoms with Gasteiger partial charge in [-0.1, -0.05) is 30.3 Å². The standard InChI is InChI=1S/C22H24N2O6S/c1-3-28-11-12-29-17(25)13-24-14-23-20-18(21(24)26)15(2)19(31-20)22(27)30-10-9-16-7-5-4-6-8-16/h4-8,14H,3,9-13H2,1-2H3. The maximum Gasteiger partial charge on any atom is 0.348 e. The number of ether oxygens (including phenoxy) is 3. The number of thiophene rings is 1. The van der Waals surface area contributed by atoms with Crippen LogP contribution in [0.5, 0.6) is 0 Å². The summed E-state index contributed by atoms with van der Waals surface area (Å²) in [5, 5.41) is 0.310. The van der Waals surface area contributed by atoms with Gasteiger partial charge in [-0.15, -0.1) is 11.3 Å². The monoisotopic (exact) mass is 444 g/mol. The van der Waals surface area contributed by atoms with Crippen LogP contribution in [-0.4, -0.2) is 47.9 Å². The molecule has 1 aromatic carbocycles. The van der Waals surface area contributed by atoms with Crippen LogP contribution >= 0.6 is 11.3 Å². The first-order chi connectivity index (χ1) is 15.0. The Labute approximate surface area is 183 Å². The molecule has 3 aromatic rings. The summed E-state index contributed by atoms with van der Waals surface area (Å²) in [6, 6.07) is 9.72. The molecule has 3 rings (SSSR count). The van der Waals surface area contributed by atoms with Crippen LogP contribution in [0, 0.1) is 6.92 Å². The van der Waals surface area contributed by atoms with Gasteiger partial charge in [0.15, 0.2) is 0 Å². The number of carbonyl (C=O) groups is 2. The average Bonchev–Trinajstić information content (AvgIpc) is 3.11. The van der Waals surface area contributed by atoms with Crippen molar-refractivity contribution in [1.82, 2.24) is 9.55 Å². The third kappa shape index (κ3) is 5.77. The smallest absolute Gasteiger partial charge is 0.348 e. The molecular weight excluding hydrogens is 420 g/mol. The van der Waals surface area contributed by atoms with Crippen LogP contribution in [0.25, 0.3) is 10.2 Å². The van der Waals surface area contributed by atoms with Crippen molar-refractivity contribution < 1.29 is 23.8 Å². The van der Waals surface area contributed by atoms with E-state index in [0.717, 1.165) is 16.9 Å². The second-order valence-electron chi connectivity index (χ2n) is 6.70. The Morgan fingerprint density at radius 3 is 2.61 bits per heavy atom. The van der Waals surface area contributed by atoms with Gasteiger partial charge in [-0.3, -0.25) is 14.2 Å². The number of nitrogens with zero attached hydrogens (tertiary/aromatic N) is 2. The van der Waals surface area contributed by atoms with Crippen molar-refractivity contribution in [2.24, 2.45) is 0 Å². The number of esters is 2. The molecule has 0 aliphatic heterocycles. The highest BCUT2D eigenvalue weighted by Crippen LogP contribution is 2.27. The molecule has 0 saturated heterocycles. The summed E-state index contributed by atoms with van der Waals surface area (Å²) < 4.78 is 16.7. The first-order valence-corrected chi connectivity index (χ1v) is 10.8. The number of hydrogen-bond donors (Lipinski definition) is 0. The van der Waals surface area contributed by atoms with Crippen LogP contribution in [0.4, 0.5) is 0 Å². The molecular formula is C22H24N2O6S. The molecule has 9 heteroatoms. The fourth-order valence-electron chi connectivity index (χ4n) is 2.98. The molecule has 0 atom stereocenters. The fraction of sp³-hybridized carbons (Fsp3) is 0.364. The molecule has 164 valence electrons. The molecule has 0 aliphatic carbocycles. The summed E-state index contributed by atoms with van der Waals surface area (Å²) in [5.74, 6) is -1.05. The molecule has 0 bridgehead atoms. The Morgan fingerprint density at radius 1 is 1.10 bits per heavy atom. The van der Waals surface area contributed by atoms with E-state index < -0.39 is 17.5 Å². The lowest BCUT2D eigenvalue weighted by Crippen LogP contribution is -2.26. The lowest BCUT2D eigenvalue weighted by Gasteiger charge is -2.07. The molecule has 2 heterocycles. The summed E-state index contributed by atoms with van der Waals surface area (Å²) in [7, 11) is 0. The maximum atomic E-state index is 12.8. The van der Waals surface area contributed by atoms with Gasteiger partial charge in [0.05, 0.1) is 24.9 Å². The third-order valence-corrected chi connectivity index (χ3v) is 5.74. The second kappa shape index (κ2) is 10.8.